The Hall–Kier alpha value is -2.30. The van der Waals surface area contributed by atoms with E-state index >= 15 is 0 Å². The van der Waals surface area contributed by atoms with E-state index in [-0.39, 0.29) is 0 Å². The van der Waals surface area contributed by atoms with Crippen LogP contribution in [0.4, 0.5) is 0 Å². The number of benzene rings is 2. The smallest absolute Gasteiger partial charge is 0.122 e. The van der Waals surface area contributed by atoms with Crippen molar-refractivity contribution in [2.75, 3.05) is 27.4 Å². The standard InChI is InChI=1S/C23H27NO3/c1-25-22-11-19(12-23(13-22)26-2)8-18-9-20-15-27-16-21(10-18)24(20)14-17-6-4-3-5-7-17/h3-7,9,11-13,20-21H,8,10,14-16H2,1-2H3. The zero-order chi connectivity index (χ0) is 18.6. The zero-order valence-corrected chi connectivity index (χ0v) is 16.1. The molecule has 0 amide bonds. The Kier molecular flexibility index (Phi) is 5.46. The molecule has 4 rings (SSSR count). The Labute approximate surface area is 161 Å². The first kappa shape index (κ1) is 18.1. The summed E-state index contributed by atoms with van der Waals surface area (Å²) in [6.45, 7) is 2.56. The van der Waals surface area contributed by atoms with Gasteiger partial charge in [0.25, 0.3) is 0 Å². The second kappa shape index (κ2) is 8.15. The first-order valence-electron chi connectivity index (χ1n) is 9.54. The highest BCUT2D eigenvalue weighted by molar-refractivity contribution is 5.40. The lowest BCUT2D eigenvalue weighted by Crippen LogP contribution is -2.53. The van der Waals surface area contributed by atoms with E-state index in [0.717, 1.165) is 44.1 Å². The molecule has 2 bridgehead atoms. The Morgan fingerprint density at radius 2 is 1.70 bits per heavy atom. The predicted octanol–water partition coefficient (Wildman–Crippen LogP) is 3.85. The third kappa shape index (κ3) is 4.18. The van der Waals surface area contributed by atoms with Crippen molar-refractivity contribution in [2.45, 2.75) is 31.5 Å². The summed E-state index contributed by atoms with van der Waals surface area (Å²) in [6, 6.07) is 17.6. The molecular formula is C23H27NO3. The molecule has 2 aliphatic heterocycles. The van der Waals surface area contributed by atoms with Gasteiger partial charge in [-0.3, -0.25) is 4.90 Å². The van der Waals surface area contributed by atoms with Gasteiger partial charge in [0.2, 0.25) is 0 Å². The van der Waals surface area contributed by atoms with Crippen molar-refractivity contribution >= 4 is 0 Å². The van der Waals surface area contributed by atoms with Crippen LogP contribution in [0.3, 0.4) is 0 Å². The molecule has 0 spiro atoms. The van der Waals surface area contributed by atoms with Gasteiger partial charge >= 0.3 is 0 Å². The zero-order valence-electron chi connectivity index (χ0n) is 16.1. The van der Waals surface area contributed by atoms with Gasteiger partial charge in [-0.25, -0.2) is 0 Å². The quantitative estimate of drug-likeness (QED) is 0.728. The molecule has 27 heavy (non-hydrogen) atoms. The minimum absolute atomic E-state index is 0.347. The van der Waals surface area contributed by atoms with E-state index in [9.17, 15) is 0 Å². The second-order valence-electron chi connectivity index (χ2n) is 7.34. The lowest BCUT2D eigenvalue weighted by atomic mass is 9.89. The number of hydrogen-bond donors (Lipinski definition) is 0. The summed E-state index contributed by atoms with van der Waals surface area (Å²) in [5.74, 6) is 1.69. The molecule has 142 valence electrons. The van der Waals surface area contributed by atoms with E-state index in [4.69, 9.17) is 14.2 Å². The van der Waals surface area contributed by atoms with E-state index in [1.54, 1.807) is 14.2 Å². The van der Waals surface area contributed by atoms with Gasteiger partial charge in [0, 0.05) is 18.7 Å². The maximum absolute atomic E-state index is 5.85. The summed E-state index contributed by atoms with van der Waals surface area (Å²) in [4.78, 5) is 2.59. The molecule has 4 heteroatoms. The molecule has 2 heterocycles. The molecule has 2 aliphatic rings. The summed E-state index contributed by atoms with van der Waals surface area (Å²) >= 11 is 0. The van der Waals surface area contributed by atoms with E-state index in [2.05, 4.69) is 53.4 Å². The fraction of sp³-hybridized carbons (Fsp3) is 0.391. The first-order chi connectivity index (χ1) is 13.2. The minimum Gasteiger partial charge on any atom is -0.497 e. The molecular weight excluding hydrogens is 338 g/mol. The van der Waals surface area contributed by atoms with Crippen LogP contribution >= 0.6 is 0 Å². The molecule has 0 aliphatic carbocycles. The van der Waals surface area contributed by atoms with Crippen LogP contribution in [0, 0.1) is 0 Å². The van der Waals surface area contributed by atoms with Crippen LogP contribution in [0.25, 0.3) is 0 Å². The van der Waals surface area contributed by atoms with Crippen molar-refractivity contribution in [3.8, 4) is 11.5 Å². The average molecular weight is 365 g/mol. The number of hydrogen-bond acceptors (Lipinski definition) is 4. The summed E-state index contributed by atoms with van der Waals surface area (Å²) in [5.41, 5.74) is 4.07. The van der Waals surface area contributed by atoms with E-state index < -0.39 is 0 Å². The summed E-state index contributed by atoms with van der Waals surface area (Å²) in [6.07, 6.45) is 4.38. The molecule has 0 N–H and O–H groups in total. The van der Waals surface area contributed by atoms with Gasteiger partial charge < -0.3 is 14.2 Å². The lowest BCUT2D eigenvalue weighted by molar-refractivity contribution is -0.0440. The van der Waals surface area contributed by atoms with Crippen LogP contribution in [0.15, 0.2) is 60.2 Å². The fourth-order valence-corrected chi connectivity index (χ4v) is 4.15. The third-order valence-corrected chi connectivity index (χ3v) is 5.47. The predicted molar refractivity (Wildman–Crippen MR) is 106 cm³/mol. The minimum atomic E-state index is 0.347. The largest absolute Gasteiger partial charge is 0.497 e. The Balaban J connectivity index is 1.52. The van der Waals surface area contributed by atoms with Crippen molar-refractivity contribution in [1.82, 2.24) is 4.90 Å². The molecule has 2 aromatic carbocycles. The van der Waals surface area contributed by atoms with Gasteiger partial charge in [-0.15, -0.1) is 0 Å². The highest BCUT2D eigenvalue weighted by atomic mass is 16.5. The molecule has 1 fully saturated rings. The normalized spacial score (nSPS) is 22.2. The maximum atomic E-state index is 5.85. The SMILES string of the molecule is COc1cc(CC2=CC3COCC(C2)N3Cc2ccccc2)cc(OC)c1. The van der Waals surface area contributed by atoms with Crippen molar-refractivity contribution in [3.05, 3.63) is 71.3 Å². The summed E-state index contributed by atoms with van der Waals surface area (Å²) in [7, 11) is 3.39. The maximum Gasteiger partial charge on any atom is 0.122 e. The first-order valence-corrected chi connectivity index (χ1v) is 9.54. The van der Waals surface area contributed by atoms with Crippen LogP contribution in [-0.4, -0.2) is 44.4 Å². The number of ether oxygens (including phenoxy) is 3. The van der Waals surface area contributed by atoms with E-state index in [1.165, 1.54) is 16.7 Å². The van der Waals surface area contributed by atoms with Crippen LogP contribution < -0.4 is 9.47 Å². The molecule has 2 atom stereocenters. The van der Waals surface area contributed by atoms with Crippen molar-refractivity contribution < 1.29 is 14.2 Å². The topological polar surface area (TPSA) is 30.9 Å². The van der Waals surface area contributed by atoms with Crippen molar-refractivity contribution in [1.29, 1.82) is 0 Å². The lowest BCUT2D eigenvalue weighted by Gasteiger charge is -2.45. The van der Waals surface area contributed by atoms with Gasteiger partial charge in [-0.05, 0) is 36.1 Å². The molecule has 0 saturated carbocycles. The average Bonchev–Trinajstić information content (AvgIpc) is 2.69. The Morgan fingerprint density at radius 1 is 0.963 bits per heavy atom. The number of methoxy groups -OCH3 is 2. The van der Waals surface area contributed by atoms with Crippen LogP contribution in [0.2, 0.25) is 0 Å². The van der Waals surface area contributed by atoms with Gasteiger partial charge in [-0.1, -0.05) is 42.0 Å². The van der Waals surface area contributed by atoms with Crippen LogP contribution in [0.1, 0.15) is 17.5 Å². The number of rotatable bonds is 6. The summed E-state index contributed by atoms with van der Waals surface area (Å²) in [5, 5.41) is 0. The van der Waals surface area contributed by atoms with Gasteiger partial charge in [0.05, 0.1) is 33.5 Å². The molecule has 1 saturated heterocycles. The Bertz CT molecular complexity index is 780. The van der Waals surface area contributed by atoms with E-state index in [0.29, 0.717) is 12.1 Å². The molecule has 2 aromatic rings. The van der Waals surface area contributed by atoms with Gasteiger partial charge in [0.15, 0.2) is 0 Å². The molecule has 0 aromatic heterocycles. The number of morpholine rings is 1. The highest BCUT2D eigenvalue weighted by Gasteiger charge is 2.34. The summed E-state index contributed by atoms with van der Waals surface area (Å²) < 4.78 is 16.7. The van der Waals surface area contributed by atoms with Crippen LogP contribution in [0.5, 0.6) is 11.5 Å². The molecule has 2 unspecified atom stereocenters. The van der Waals surface area contributed by atoms with Gasteiger partial charge in [-0.2, -0.15) is 0 Å². The van der Waals surface area contributed by atoms with E-state index in [1.807, 2.05) is 6.07 Å². The highest BCUT2D eigenvalue weighted by Crippen LogP contribution is 2.32. The van der Waals surface area contributed by atoms with Crippen LogP contribution in [-0.2, 0) is 17.7 Å². The molecule has 0 radical (unpaired) electrons. The van der Waals surface area contributed by atoms with Crippen molar-refractivity contribution in [2.24, 2.45) is 0 Å². The second-order valence-corrected chi connectivity index (χ2v) is 7.34. The fourth-order valence-electron chi connectivity index (χ4n) is 4.15. The molecule has 4 nitrogen and oxygen atoms in total. The number of nitrogens with zero attached hydrogens (tertiary/aromatic N) is 1. The third-order valence-electron chi connectivity index (χ3n) is 5.47. The monoisotopic (exact) mass is 365 g/mol. The van der Waals surface area contributed by atoms with Gasteiger partial charge in [0.1, 0.15) is 11.5 Å². The van der Waals surface area contributed by atoms with Crippen molar-refractivity contribution in [3.63, 3.8) is 0 Å². The number of fused-ring (bicyclic) bond motifs is 2. The Morgan fingerprint density at radius 3 is 2.37 bits per heavy atom.